The van der Waals surface area contributed by atoms with Crippen LogP contribution in [-0.4, -0.2) is 50.5 Å². The Hall–Kier alpha value is -2.59. The van der Waals surface area contributed by atoms with Gasteiger partial charge >= 0.3 is 0 Å². The van der Waals surface area contributed by atoms with E-state index < -0.39 is 28.5 Å². The van der Waals surface area contributed by atoms with Crippen molar-refractivity contribution in [1.82, 2.24) is 10.2 Å². The Morgan fingerprint density at radius 1 is 0.925 bits per heavy atom. The topological polar surface area (TPSA) is 86.8 Å². The predicted molar refractivity (Wildman–Crippen MR) is 165 cm³/mol. The molecule has 0 fully saturated rings. The second kappa shape index (κ2) is 14.3. The minimum Gasteiger partial charge on any atom is -0.354 e. The molecule has 0 heterocycles. The quantitative estimate of drug-likeness (QED) is 0.259. The zero-order chi connectivity index (χ0) is 29.4. The molecule has 0 bridgehead atoms. The zero-order valence-corrected chi connectivity index (χ0v) is 26.4. The number of carbonyl (C=O) groups is 2. The number of anilines is 1. The summed E-state index contributed by atoms with van der Waals surface area (Å²) in [7, 11) is -3.86. The van der Waals surface area contributed by atoms with Crippen LogP contribution in [0.1, 0.15) is 25.0 Å². The smallest absolute Gasteiger partial charge is 0.244 e. The molecule has 0 aliphatic heterocycles. The summed E-state index contributed by atoms with van der Waals surface area (Å²) in [4.78, 5) is 29.1. The van der Waals surface area contributed by atoms with E-state index in [0.717, 1.165) is 20.6 Å². The van der Waals surface area contributed by atoms with Crippen molar-refractivity contribution in [1.29, 1.82) is 0 Å². The summed E-state index contributed by atoms with van der Waals surface area (Å²) in [5, 5.41) is 3.60. The van der Waals surface area contributed by atoms with E-state index in [4.69, 9.17) is 23.2 Å². The second-order valence-corrected chi connectivity index (χ2v) is 13.4. The van der Waals surface area contributed by atoms with Gasteiger partial charge in [0, 0.05) is 39.6 Å². The number of amides is 2. The van der Waals surface area contributed by atoms with Crippen LogP contribution >= 0.6 is 39.1 Å². The number of hydrogen-bond acceptors (Lipinski definition) is 4. The summed E-state index contributed by atoms with van der Waals surface area (Å²) in [5.41, 5.74) is 1.62. The van der Waals surface area contributed by atoms with Gasteiger partial charge in [0.1, 0.15) is 12.6 Å². The molecule has 3 aromatic rings. The third-order valence-corrected chi connectivity index (χ3v) is 8.52. The fourth-order valence-corrected chi connectivity index (χ4v) is 5.68. The molecule has 40 heavy (non-hydrogen) atoms. The summed E-state index contributed by atoms with van der Waals surface area (Å²) in [5.74, 6) is -0.754. The van der Waals surface area contributed by atoms with Gasteiger partial charge in [0.25, 0.3) is 0 Å². The summed E-state index contributed by atoms with van der Waals surface area (Å²) < 4.78 is 27.5. The monoisotopic (exact) mass is 667 g/mol. The first-order valence-electron chi connectivity index (χ1n) is 12.6. The van der Waals surface area contributed by atoms with E-state index in [1.165, 1.54) is 4.90 Å². The Morgan fingerprint density at radius 3 is 2.08 bits per heavy atom. The normalized spacial score (nSPS) is 12.2. The summed E-state index contributed by atoms with van der Waals surface area (Å²) in [6.07, 6.45) is 1.24. The average molecular weight is 669 g/mol. The molecule has 0 saturated heterocycles. The first kappa shape index (κ1) is 31.9. The Balaban J connectivity index is 2.08. The van der Waals surface area contributed by atoms with E-state index in [9.17, 15) is 18.0 Å². The number of sulfonamides is 1. The lowest BCUT2D eigenvalue weighted by Gasteiger charge is -2.34. The van der Waals surface area contributed by atoms with E-state index in [2.05, 4.69) is 21.2 Å². The molecule has 1 N–H and O–H groups in total. The van der Waals surface area contributed by atoms with Crippen molar-refractivity contribution < 1.29 is 18.0 Å². The van der Waals surface area contributed by atoms with Gasteiger partial charge in [-0.15, -0.1) is 0 Å². The number of hydrogen-bond donors (Lipinski definition) is 1. The lowest BCUT2D eigenvalue weighted by atomic mass is 10.0. The summed E-state index contributed by atoms with van der Waals surface area (Å²) in [6.45, 7) is 3.74. The van der Waals surface area contributed by atoms with Crippen molar-refractivity contribution in [2.75, 3.05) is 23.7 Å². The van der Waals surface area contributed by atoms with Crippen LogP contribution in [0.5, 0.6) is 0 Å². The number of benzene rings is 3. The van der Waals surface area contributed by atoms with Crippen molar-refractivity contribution in [3.63, 3.8) is 0 Å². The first-order chi connectivity index (χ1) is 18.9. The maximum absolute atomic E-state index is 14.1. The molecule has 11 heteroatoms. The minimum absolute atomic E-state index is 0.0954. The molecule has 0 aliphatic carbocycles. The van der Waals surface area contributed by atoms with Gasteiger partial charge in [0.05, 0.1) is 11.9 Å². The lowest BCUT2D eigenvalue weighted by Crippen LogP contribution is -2.53. The van der Waals surface area contributed by atoms with Crippen LogP contribution in [0.25, 0.3) is 0 Å². The van der Waals surface area contributed by atoms with E-state index in [0.29, 0.717) is 27.8 Å². The van der Waals surface area contributed by atoms with Crippen molar-refractivity contribution in [2.24, 2.45) is 5.92 Å². The molecule has 7 nitrogen and oxygen atoms in total. The Kier molecular flexibility index (Phi) is 11.5. The molecule has 0 aliphatic rings. The molecule has 3 rings (SSSR count). The number of nitrogens with zero attached hydrogens (tertiary/aromatic N) is 2. The van der Waals surface area contributed by atoms with Gasteiger partial charge in [0.2, 0.25) is 21.8 Å². The molecule has 0 spiro atoms. The second-order valence-electron chi connectivity index (χ2n) is 9.81. The number of rotatable bonds is 12. The number of nitrogens with one attached hydrogen (secondary N) is 1. The van der Waals surface area contributed by atoms with Crippen molar-refractivity contribution in [3.8, 4) is 0 Å². The zero-order valence-electron chi connectivity index (χ0n) is 22.5. The van der Waals surface area contributed by atoms with E-state index in [1.807, 2.05) is 44.2 Å². The molecule has 0 saturated carbocycles. The maximum Gasteiger partial charge on any atom is 0.244 e. The van der Waals surface area contributed by atoms with Gasteiger partial charge in [0.15, 0.2) is 0 Å². The molecular weight excluding hydrogens is 637 g/mol. The van der Waals surface area contributed by atoms with Gasteiger partial charge < -0.3 is 10.2 Å². The van der Waals surface area contributed by atoms with Crippen LogP contribution in [0.4, 0.5) is 5.69 Å². The van der Waals surface area contributed by atoms with Gasteiger partial charge in [-0.3, -0.25) is 13.9 Å². The predicted octanol–water partition coefficient (Wildman–Crippen LogP) is 5.93. The van der Waals surface area contributed by atoms with Crippen LogP contribution in [0.3, 0.4) is 0 Å². The largest absolute Gasteiger partial charge is 0.354 e. The third-order valence-electron chi connectivity index (χ3n) is 6.14. The van der Waals surface area contributed by atoms with E-state index in [1.54, 1.807) is 42.5 Å². The lowest BCUT2D eigenvalue weighted by molar-refractivity contribution is -0.140. The Labute approximate surface area is 254 Å². The Morgan fingerprint density at radius 2 is 1.52 bits per heavy atom. The molecular formula is C29H32BrCl2N3O4S. The molecule has 2 amide bonds. The molecule has 0 aromatic heterocycles. The molecule has 1 atom stereocenters. The fourth-order valence-electron chi connectivity index (χ4n) is 4.05. The fraction of sp³-hybridized carbons (Fsp3) is 0.310. The van der Waals surface area contributed by atoms with Crippen LogP contribution in [0, 0.1) is 5.92 Å². The third kappa shape index (κ3) is 8.96. The minimum atomic E-state index is -3.86. The van der Waals surface area contributed by atoms with Crippen molar-refractivity contribution >= 4 is 66.7 Å². The van der Waals surface area contributed by atoms with Gasteiger partial charge in [-0.05, 0) is 47.9 Å². The Bertz CT molecular complexity index is 1400. The van der Waals surface area contributed by atoms with Crippen LogP contribution < -0.4 is 9.62 Å². The average Bonchev–Trinajstić information content (AvgIpc) is 2.89. The summed E-state index contributed by atoms with van der Waals surface area (Å²) in [6, 6.07) is 19.9. The van der Waals surface area contributed by atoms with Crippen molar-refractivity contribution in [2.45, 2.75) is 32.9 Å². The van der Waals surface area contributed by atoms with Gasteiger partial charge in [-0.25, -0.2) is 8.42 Å². The van der Waals surface area contributed by atoms with Crippen LogP contribution in [-0.2, 0) is 32.6 Å². The van der Waals surface area contributed by atoms with Crippen LogP contribution in [0.15, 0.2) is 77.3 Å². The van der Waals surface area contributed by atoms with E-state index >= 15 is 0 Å². The highest BCUT2D eigenvalue weighted by molar-refractivity contribution is 9.10. The molecule has 214 valence electrons. The highest BCUT2D eigenvalue weighted by atomic mass is 79.9. The highest BCUT2D eigenvalue weighted by Gasteiger charge is 2.33. The standard InChI is InChI=1S/C29H32BrCl2N3O4S/c1-20(2)17-33-29(37)27(16-21-8-5-4-6-9-21)34(18-24-25(31)10-7-11-26(24)32)28(36)19-35(40(3,38)39)23-14-12-22(30)13-15-23/h4-15,20,27H,16-19H2,1-3H3,(H,33,37). The van der Waals surface area contributed by atoms with Crippen LogP contribution in [0.2, 0.25) is 10.0 Å². The first-order valence-corrected chi connectivity index (χ1v) is 16.0. The molecule has 0 radical (unpaired) electrons. The van der Waals surface area contributed by atoms with Crippen molar-refractivity contribution in [3.05, 3.63) is 98.4 Å². The van der Waals surface area contributed by atoms with Gasteiger partial charge in [-0.1, -0.05) is 89.4 Å². The summed E-state index contributed by atoms with van der Waals surface area (Å²) >= 11 is 16.3. The molecule has 3 aromatic carbocycles. The number of halogens is 3. The maximum atomic E-state index is 14.1. The SMILES string of the molecule is CC(C)CNC(=O)C(Cc1ccccc1)N(Cc1c(Cl)cccc1Cl)C(=O)CN(c1ccc(Br)cc1)S(C)(=O)=O. The highest BCUT2D eigenvalue weighted by Crippen LogP contribution is 2.28. The van der Waals surface area contributed by atoms with E-state index in [-0.39, 0.29) is 24.8 Å². The molecule has 1 unspecified atom stereocenters. The van der Waals surface area contributed by atoms with Gasteiger partial charge in [-0.2, -0.15) is 0 Å². The number of carbonyl (C=O) groups excluding carboxylic acids is 2.